The van der Waals surface area contributed by atoms with Gasteiger partial charge >= 0.3 is 0 Å². The monoisotopic (exact) mass is 370 g/mol. The van der Waals surface area contributed by atoms with Crippen molar-refractivity contribution in [1.29, 1.82) is 0 Å². The SMILES string of the molecule is O=C(CO/N=C\c1ccc(Cl)cc1)Nc1ccc(SC(F)F)cc1. The zero-order chi connectivity index (χ0) is 17.4. The summed E-state index contributed by atoms with van der Waals surface area (Å²) in [6, 6.07) is 13.0. The molecular formula is C16H13ClF2N2O2S. The molecule has 0 unspecified atom stereocenters. The van der Waals surface area contributed by atoms with Crippen LogP contribution in [0.1, 0.15) is 5.56 Å². The molecule has 0 fully saturated rings. The Bertz CT molecular complexity index is 694. The van der Waals surface area contributed by atoms with Crippen LogP contribution in [0.2, 0.25) is 5.02 Å². The Morgan fingerprint density at radius 1 is 1.21 bits per heavy atom. The maximum absolute atomic E-state index is 12.2. The lowest BCUT2D eigenvalue weighted by Crippen LogP contribution is -2.16. The van der Waals surface area contributed by atoms with Gasteiger partial charge in [-0.3, -0.25) is 4.79 Å². The van der Waals surface area contributed by atoms with E-state index in [-0.39, 0.29) is 6.61 Å². The van der Waals surface area contributed by atoms with Crippen molar-refractivity contribution < 1.29 is 18.4 Å². The second kappa shape index (κ2) is 9.24. The van der Waals surface area contributed by atoms with Gasteiger partial charge in [-0.1, -0.05) is 40.7 Å². The van der Waals surface area contributed by atoms with Crippen molar-refractivity contribution in [2.45, 2.75) is 10.7 Å². The van der Waals surface area contributed by atoms with Crippen LogP contribution < -0.4 is 5.32 Å². The van der Waals surface area contributed by atoms with Gasteiger partial charge < -0.3 is 10.2 Å². The second-order valence-corrected chi connectivity index (χ2v) is 6.01. The molecule has 0 saturated heterocycles. The molecular weight excluding hydrogens is 358 g/mol. The molecule has 0 atom stereocenters. The van der Waals surface area contributed by atoms with Crippen molar-refractivity contribution >= 4 is 41.2 Å². The first-order valence-electron chi connectivity index (χ1n) is 6.78. The quantitative estimate of drug-likeness (QED) is 0.438. The summed E-state index contributed by atoms with van der Waals surface area (Å²) in [6.07, 6.45) is 1.46. The van der Waals surface area contributed by atoms with Crippen LogP contribution in [-0.4, -0.2) is 24.5 Å². The summed E-state index contributed by atoms with van der Waals surface area (Å²) in [5.74, 6) is -2.88. The summed E-state index contributed by atoms with van der Waals surface area (Å²) < 4.78 is 24.4. The lowest BCUT2D eigenvalue weighted by Gasteiger charge is -2.05. The van der Waals surface area contributed by atoms with Crippen LogP contribution in [0.15, 0.2) is 58.6 Å². The first-order chi connectivity index (χ1) is 11.5. The Morgan fingerprint density at radius 2 is 1.88 bits per heavy atom. The molecule has 0 aliphatic heterocycles. The smallest absolute Gasteiger partial charge is 0.288 e. The Hall–Kier alpha value is -2.12. The maximum atomic E-state index is 12.2. The van der Waals surface area contributed by atoms with Crippen LogP contribution in [0.25, 0.3) is 0 Å². The molecule has 1 N–H and O–H groups in total. The van der Waals surface area contributed by atoms with Gasteiger partial charge in [0.2, 0.25) is 0 Å². The number of oxime groups is 1. The molecule has 4 nitrogen and oxygen atoms in total. The molecule has 2 aromatic rings. The van der Waals surface area contributed by atoms with E-state index >= 15 is 0 Å². The Balaban J connectivity index is 1.75. The fourth-order valence-corrected chi connectivity index (χ4v) is 2.28. The number of rotatable bonds is 7. The van der Waals surface area contributed by atoms with Crippen molar-refractivity contribution in [2.75, 3.05) is 11.9 Å². The summed E-state index contributed by atoms with van der Waals surface area (Å²) in [5.41, 5.74) is 1.27. The highest BCUT2D eigenvalue weighted by molar-refractivity contribution is 7.99. The molecule has 0 heterocycles. The van der Waals surface area contributed by atoms with Gasteiger partial charge in [0.15, 0.2) is 6.61 Å². The maximum Gasteiger partial charge on any atom is 0.288 e. The molecule has 2 aromatic carbocycles. The lowest BCUT2D eigenvalue weighted by atomic mass is 10.2. The third kappa shape index (κ3) is 6.55. The van der Waals surface area contributed by atoms with E-state index in [4.69, 9.17) is 16.4 Å². The summed E-state index contributed by atoms with van der Waals surface area (Å²) >= 11 is 6.20. The number of carbonyl (C=O) groups excluding carboxylic acids is 1. The highest BCUT2D eigenvalue weighted by atomic mass is 35.5. The number of carbonyl (C=O) groups is 1. The van der Waals surface area contributed by atoms with Crippen LogP contribution in [0.4, 0.5) is 14.5 Å². The van der Waals surface area contributed by atoms with Gasteiger partial charge in [-0.05, 0) is 42.0 Å². The van der Waals surface area contributed by atoms with Gasteiger partial charge in [0, 0.05) is 15.6 Å². The van der Waals surface area contributed by atoms with Crippen LogP contribution in [0.5, 0.6) is 0 Å². The molecule has 0 aliphatic carbocycles. The minimum atomic E-state index is -2.47. The average molecular weight is 371 g/mol. The first-order valence-corrected chi connectivity index (χ1v) is 8.04. The second-order valence-electron chi connectivity index (χ2n) is 4.51. The van der Waals surface area contributed by atoms with Crippen molar-refractivity contribution in [3.63, 3.8) is 0 Å². The van der Waals surface area contributed by atoms with Crippen molar-refractivity contribution in [3.8, 4) is 0 Å². The number of amides is 1. The lowest BCUT2D eigenvalue weighted by molar-refractivity contribution is -0.120. The van der Waals surface area contributed by atoms with Gasteiger partial charge in [-0.15, -0.1) is 0 Å². The fraction of sp³-hybridized carbons (Fsp3) is 0.125. The molecule has 8 heteroatoms. The highest BCUT2D eigenvalue weighted by Crippen LogP contribution is 2.26. The van der Waals surface area contributed by atoms with E-state index in [1.807, 2.05) is 0 Å². The number of hydrogen-bond donors (Lipinski definition) is 1. The normalized spacial score (nSPS) is 11.0. The molecule has 0 aromatic heterocycles. The molecule has 0 spiro atoms. The third-order valence-corrected chi connectivity index (χ3v) is 3.68. The first kappa shape index (κ1) is 18.2. The van der Waals surface area contributed by atoms with E-state index < -0.39 is 11.7 Å². The molecule has 24 heavy (non-hydrogen) atoms. The molecule has 0 radical (unpaired) electrons. The predicted molar refractivity (Wildman–Crippen MR) is 91.9 cm³/mol. The molecule has 126 valence electrons. The van der Waals surface area contributed by atoms with E-state index in [1.165, 1.54) is 18.3 Å². The standard InChI is InChI=1S/C16H13ClF2N2O2S/c17-12-3-1-11(2-4-12)9-20-23-10-15(22)21-13-5-7-14(8-6-13)24-16(18)19/h1-9,16H,10H2,(H,21,22)/b20-9-. The Labute approximate surface area is 146 Å². The number of alkyl halides is 2. The fourth-order valence-electron chi connectivity index (χ4n) is 1.66. The zero-order valence-corrected chi connectivity index (χ0v) is 13.9. The van der Waals surface area contributed by atoms with Crippen molar-refractivity contribution in [1.82, 2.24) is 0 Å². The summed E-state index contributed by atoms with van der Waals surface area (Å²) in [4.78, 5) is 17.0. The average Bonchev–Trinajstić information content (AvgIpc) is 2.55. The number of nitrogens with one attached hydrogen (secondary N) is 1. The van der Waals surface area contributed by atoms with Crippen LogP contribution in [0.3, 0.4) is 0 Å². The highest BCUT2D eigenvalue weighted by Gasteiger charge is 2.06. The number of nitrogens with zero attached hydrogens (tertiary/aromatic N) is 1. The molecule has 1 amide bonds. The molecule has 0 bridgehead atoms. The van der Waals surface area contributed by atoms with Crippen molar-refractivity contribution in [3.05, 3.63) is 59.1 Å². The van der Waals surface area contributed by atoms with Gasteiger partial charge in [-0.25, -0.2) is 0 Å². The summed E-state index contributed by atoms with van der Waals surface area (Å²) in [6.45, 7) is -0.266. The van der Waals surface area contributed by atoms with Gasteiger partial charge in [-0.2, -0.15) is 8.78 Å². The van der Waals surface area contributed by atoms with Gasteiger partial charge in [0.25, 0.3) is 11.7 Å². The van der Waals surface area contributed by atoms with Gasteiger partial charge in [0.05, 0.1) is 6.21 Å². The van der Waals surface area contributed by atoms with E-state index in [0.29, 0.717) is 27.4 Å². The zero-order valence-electron chi connectivity index (χ0n) is 12.3. The minimum absolute atomic E-state index is 0.266. The number of anilines is 1. The largest absolute Gasteiger partial charge is 0.386 e. The number of thioether (sulfide) groups is 1. The van der Waals surface area contributed by atoms with Crippen LogP contribution in [-0.2, 0) is 9.63 Å². The van der Waals surface area contributed by atoms with Crippen LogP contribution in [0, 0.1) is 0 Å². The van der Waals surface area contributed by atoms with Crippen molar-refractivity contribution in [2.24, 2.45) is 5.16 Å². The predicted octanol–water partition coefficient (Wildman–Crippen LogP) is 4.64. The Morgan fingerprint density at radius 3 is 2.50 bits per heavy atom. The number of hydrogen-bond acceptors (Lipinski definition) is 4. The van der Waals surface area contributed by atoms with E-state index in [1.54, 1.807) is 36.4 Å². The van der Waals surface area contributed by atoms with Gasteiger partial charge in [0.1, 0.15) is 0 Å². The molecule has 2 rings (SSSR count). The number of halogens is 3. The molecule has 0 saturated carbocycles. The minimum Gasteiger partial charge on any atom is -0.386 e. The Kier molecular flexibility index (Phi) is 7.02. The summed E-state index contributed by atoms with van der Waals surface area (Å²) in [7, 11) is 0. The van der Waals surface area contributed by atoms with E-state index in [9.17, 15) is 13.6 Å². The van der Waals surface area contributed by atoms with Crippen LogP contribution >= 0.6 is 23.4 Å². The topological polar surface area (TPSA) is 50.7 Å². The summed E-state index contributed by atoms with van der Waals surface area (Å²) in [5, 5.41) is 6.88. The van der Waals surface area contributed by atoms with E-state index in [2.05, 4.69) is 10.5 Å². The van der Waals surface area contributed by atoms with E-state index in [0.717, 1.165) is 5.56 Å². The number of benzene rings is 2. The molecule has 0 aliphatic rings. The third-order valence-electron chi connectivity index (χ3n) is 2.71.